The second-order valence-electron chi connectivity index (χ2n) is 4.20. The fraction of sp³-hybridized carbons (Fsp3) is 0.118. The van der Waals surface area contributed by atoms with Crippen molar-refractivity contribution in [3.8, 4) is 0 Å². The fourth-order valence-corrected chi connectivity index (χ4v) is 3.51. The van der Waals surface area contributed by atoms with E-state index in [1.54, 1.807) is 25.1 Å². The zero-order valence-corrected chi connectivity index (χ0v) is 13.3. The minimum atomic E-state index is -0.314. The van der Waals surface area contributed by atoms with E-state index in [-0.39, 0.29) is 26.7 Å². The molecule has 0 unspecified atom stereocenters. The maximum atomic E-state index is 12.9. The van der Waals surface area contributed by atoms with Gasteiger partial charge in [-0.15, -0.1) is 0 Å². The van der Waals surface area contributed by atoms with E-state index in [0.29, 0.717) is 11.1 Å². The van der Waals surface area contributed by atoms with E-state index < -0.39 is 0 Å². The number of halogens is 1. The third-order valence-electron chi connectivity index (χ3n) is 2.62. The molecule has 0 aliphatic rings. The first-order chi connectivity index (χ1) is 10.2. The Hall–Kier alpha value is -1.90. The predicted molar refractivity (Wildman–Crippen MR) is 82.8 cm³/mol. The van der Waals surface area contributed by atoms with Gasteiger partial charge in [0.1, 0.15) is 0 Å². The molecule has 0 fully saturated rings. The van der Waals surface area contributed by atoms with Gasteiger partial charge in [-0.1, -0.05) is 0 Å². The van der Waals surface area contributed by atoms with Crippen molar-refractivity contribution in [2.24, 2.45) is 0 Å². The molecule has 21 heavy (non-hydrogen) atoms. The van der Waals surface area contributed by atoms with Gasteiger partial charge in [-0.3, -0.25) is 0 Å². The van der Waals surface area contributed by atoms with E-state index in [1.807, 2.05) is 30.3 Å². The van der Waals surface area contributed by atoms with Gasteiger partial charge >= 0.3 is 129 Å². The summed E-state index contributed by atoms with van der Waals surface area (Å²) >= 11 is -0.151. The molecule has 0 atom stereocenters. The molecule has 0 spiro atoms. The summed E-state index contributed by atoms with van der Waals surface area (Å²) in [5, 5.41) is 0. The number of carbonyl (C=O) groups excluding carboxylic acids is 1. The minimum absolute atomic E-state index is 0.151. The molecule has 0 bridgehead atoms. The predicted octanol–water partition coefficient (Wildman–Crippen LogP) is 2.76. The molecule has 2 aromatic carbocycles. The van der Waals surface area contributed by atoms with Crippen LogP contribution < -0.4 is 4.46 Å². The van der Waals surface area contributed by atoms with Gasteiger partial charge in [0.25, 0.3) is 0 Å². The van der Waals surface area contributed by atoms with E-state index in [0.717, 1.165) is 10.0 Å². The Morgan fingerprint density at radius 1 is 1.14 bits per heavy atom. The quantitative estimate of drug-likeness (QED) is 0.471. The summed E-state index contributed by atoms with van der Waals surface area (Å²) in [4.78, 5) is 12.1. The van der Waals surface area contributed by atoms with Gasteiger partial charge in [-0.25, -0.2) is 0 Å². The van der Waals surface area contributed by atoms with Crippen molar-refractivity contribution < 1.29 is 13.9 Å². The van der Waals surface area contributed by atoms with Crippen LogP contribution in [-0.2, 0) is 9.53 Å². The molecule has 0 saturated heterocycles. The Morgan fingerprint density at radius 3 is 2.43 bits per heavy atom. The standard InChI is InChI=1S/C17H15FO2Se/c1-2-20-17(19)16(21-15-6-4-3-5-7-15)12-13-8-10-14(18)11-9-13/h3-12H,2H2,1H3/b16-12+. The topological polar surface area (TPSA) is 26.3 Å². The summed E-state index contributed by atoms with van der Waals surface area (Å²) in [5.74, 6) is -0.607. The molecular formula is C17H15FO2Se. The summed E-state index contributed by atoms with van der Waals surface area (Å²) < 4.78 is 19.8. The van der Waals surface area contributed by atoms with Gasteiger partial charge in [0, 0.05) is 0 Å². The van der Waals surface area contributed by atoms with Gasteiger partial charge in [0.05, 0.1) is 0 Å². The van der Waals surface area contributed by atoms with Gasteiger partial charge in [0.15, 0.2) is 0 Å². The summed E-state index contributed by atoms with van der Waals surface area (Å²) in [6.07, 6.45) is 1.77. The fourth-order valence-electron chi connectivity index (χ4n) is 1.66. The number of carbonyl (C=O) groups is 1. The molecule has 108 valence electrons. The molecule has 4 heteroatoms. The van der Waals surface area contributed by atoms with Crippen LogP contribution in [0.25, 0.3) is 6.08 Å². The molecular weight excluding hydrogens is 334 g/mol. The van der Waals surface area contributed by atoms with E-state index in [4.69, 9.17) is 4.74 Å². The van der Waals surface area contributed by atoms with E-state index in [9.17, 15) is 9.18 Å². The SMILES string of the molecule is CCOC(=O)/C(=C\c1ccc(F)cc1)[Se]c1ccccc1. The molecule has 0 heterocycles. The Morgan fingerprint density at radius 2 is 1.81 bits per heavy atom. The number of esters is 1. The van der Waals surface area contributed by atoms with E-state index in [1.165, 1.54) is 12.1 Å². The van der Waals surface area contributed by atoms with Crippen molar-refractivity contribution in [3.05, 3.63) is 70.4 Å². The first-order valence-electron chi connectivity index (χ1n) is 6.56. The second kappa shape index (κ2) is 7.77. The molecule has 0 aliphatic heterocycles. The van der Waals surface area contributed by atoms with Crippen molar-refractivity contribution in [2.45, 2.75) is 6.92 Å². The second-order valence-corrected chi connectivity index (χ2v) is 6.54. The van der Waals surface area contributed by atoms with Gasteiger partial charge in [-0.05, 0) is 0 Å². The number of hydrogen-bond acceptors (Lipinski definition) is 2. The van der Waals surface area contributed by atoms with Crippen LogP contribution in [0.4, 0.5) is 4.39 Å². The molecule has 0 N–H and O–H groups in total. The number of ether oxygens (including phenoxy) is 1. The molecule has 0 aliphatic carbocycles. The average Bonchev–Trinajstić information content (AvgIpc) is 2.50. The molecule has 0 saturated carbocycles. The van der Waals surface area contributed by atoms with Crippen LogP contribution in [0, 0.1) is 5.82 Å². The van der Waals surface area contributed by atoms with Crippen molar-refractivity contribution in [1.82, 2.24) is 0 Å². The number of benzene rings is 2. The number of hydrogen-bond donors (Lipinski definition) is 0. The third kappa shape index (κ3) is 4.85. The Balaban J connectivity index is 2.27. The molecule has 2 nitrogen and oxygen atoms in total. The summed E-state index contributed by atoms with van der Waals surface area (Å²) in [5.41, 5.74) is 0.789. The summed E-state index contributed by atoms with van der Waals surface area (Å²) in [6, 6.07) is 15.8. The normalized spacial score (nSPS) is 11.2. The van der Waals surface area contributed by atoms with Gasteiger partial charge < -0.3 is 0 Å². The zero-order valence-electron chi connectivity index (χ0n) is 11.6. The molecule has 2 aromatic rings. The van der Waals surface area contributed by atoms with Gasteiger partial charge in [0.2, 0.25) is 0 Å². The van der Waals surface area contributed by atoms with Crippen LogP contribution in [0.2, 0.25) is 0 Å². The van der Waals surface area contributed by atoms with Crippen molar-refractivity contribution in [3.63, 3.8) is 0 Å². The van der Waals surface area contributed by atoms with Crippen LogP contribution in [0.5, 0.6) is 0 Å². The first-order valence-corrected chi connectivity index (χ1v) is 8.27. The van der Waals surface area contributed by atoms with Crippen LogP contribution in [-0.4, -0.2) is 27.5 Å². The van der Waals surface area contributed by atoms with Crippen LogP contribution in [0.1, 0.15) is 12.5 Å². The first kappa shape index (κ1) is 15.5. The van der Waals surface area contributed by atoms with Crippen LogP contribution in [0.3, 0.4) is 0 Å². The van der Waals surface area contributed by atoms with Crippen molar-refractivity contribution >= 4 is 31.5 Å². The average molecular weight is 349 g/mol. The molecule has 0 radical (unpaired) electrons. The molecule has 0 amide bonds. The molecule has 0 aromatic heterocycles. The number of rotatable bonds is 5. The monoisotopic (exact) mass is 350 g/mol. The van der Waals surface area contributed by atoms with Crippen molar-refractivity contribution in [1.29, 1.82) is 0 Å². The third-order valence-corrected chi connectivity index (χ3v) is 4.74. The van der Waals surface area contributed by atoms with Gasteiger partial charge in [-0.2, -0.15) is 0 Å². The Kier molecular flexibility index (Phi) is 5.73. The van der Waals surface area contributed by atoms with Crippen LogP contribution >= 0.6 is 0 Å². The molecule has 2 rings (SSSR count). The summed E-state index contributed by atoms with van der Waals surface area (Å²) in [7, 11) is 0. The Labute approximate surface area is 129 Å². The summed E-state index contributed by atoms with van der Waals surface area (Å²) in [6.45, 7) is 2.12. The zero-order chi connectivity index (χ0) is 15.1. The van der Waals surface area contributed by atoms with Crippen molar-refractivity contribution in [2.75, 3.05) is 6.61 Å². The van der Waals surface area contributed by atoms with Crippen LogP contribution in [0.15, 0.2) is 59.1 Å². The van der Waals surface area contributed by atoms with E-state index in [2.05, 4.69) is 0 Å². The Bertz CT molecular complexity index is 621. The maximum absolute atomic E-state index is 12.9. The van der Waals surface area contributed by atoms with E-state index >= 15 is 0 Å².